The lowest BCUT2D eigenvalue weighted by molar-refractivity contribution is -0.141. The van der Waals surface area contributed by atoms with Crippen LogP contribution in [-0.4, -0.2) is 30.1 Å². The van der Waals surface area contributed by atoms with E-state index in [0.29, 0.717) is 19.7 Å². The predicted molar refractivity (Wildman–Crippen MR) is 69.4 cm³/mol. The van der Waals surface area contributed by atoms with Crippen LogP contribution in [0, 0.1) is 0 Å². The molecule has 1 amide bonds. The maximum atomic E-state index is 12.2. The molecule has 1 aromatic heterocycles. The van der Waals surface area contributed by atoms with Crippen LogP contribution >= 0.6 is 22.9 Å². The second-order valence-electron chi connectivity index (χ2n) is 4.06. The highest BCUT2D eigenvalue weighted by Gasteiger charge is 2.27. The summed E-state index contributed by atoms with van der Waals surface area (Å²) in [5.41, 5.74) is 0. The van der Waals surface area contributed by atoms with Crippen molar-refractivity contribution < 1.29 is 9.53 Å². The Morgan fingerprint density at radius 2 is 2.47 bits per heavy atom. The Hall–Kier alpha value is -0.580. The highest BCUT2D eigenvalue weighted by molar-refractivity contribution is 7.16. The largest absolute Gasteiger partial charge is 0.368 e. The lowest BCUT2D eigenvalue weighted by atomic mass is 10.2. The third kappa shape index (κ3) is 3.21. The van der Waals surface area contributed by atoms with Crippen LogP contribution in [0.5, 0.6) is 0 Å². The van der Waals surface area contributed by atoms with Gasteiger partial charge in [0.15, 0.2) is 0 Å². The standard InChI is InChI=1S/C12H16ClNO2S/c1-2-14(8-9-5-6-11(13)17-9)12(15)10-4-3-7-16-10/h5-6,10H,2-4,7-8H2,1H3/t10-/m1/s1. The third-order valence-corrected chi connectivity index (χ3v) is 4.09. The predicted octanol–water partition coefficient (Wildman–Crippen LogP) is 2.93. The summed E-state index contributed by atoms with van der Waals surface area (Å²) >= 11 is 7.41. The van der Waals surface area contributed by atoms with Crippen molar-refractivity contribution in [1.82, 2.24) is 4.90 Å². The molecule has 1 aliphatic heterocycles. The number of rotatable bonds is 4. The molecule has 2 heterocycles. The van der Waals surface area contributed by atoms with Crippen molar-refractivity contribution in [3.8, 4) is 0 Å². The van der Waals surface area contributed by atoms with E-state index < -0.39 is 0 Å². The second-order valence-corrected chi connectivity index (χ2v) is 5.86. The minimum atomic E-state index is -0.231. The van der Waals surface area contributed by atoms with E-state index in [4.69, 9.17) is 16.3 Å². The maximum Gasteiger partial charge on any atom is 0.252 e. The third-order valence-electron chi connectivity index (χ3n) is 2.87. The van der Waals surface area contributed by atoms with Gasteiger partial charge in [0.05, 0.1) is 10.9 Å². The van der Waals surface area contributed by atoms with Gasteiger partial charge in [-0.1, -0.05) is 11.6 Å². The normalized spacial score (nSPS) is 19.5. The number of carbonyl (C=O) groups is 1. The molecule has 1 fully saturated rings. The van der Waals surface area contributed by atoms with Gasteiger partial charge in [0.25, 0.3) is 5.91 Å². The topological polar surface area (TPSA) is 29.5 Å². The minimum absolute atomic E-state index is 0.106. The van der Waals surface area contributed by atoms with Crippen LogP contribution in [0.15, 0.2) is 12.1 Å². The Labute approximate surface area is 110 Å². The van der Waals surface area contributed by atoms with Crippen LogP contribution in [-0.2, 0) is 16.1 Å². The molecule has 0 spiro atoms. The molecule has 0 N–H and O–H groups in total. The zero-order chi connectivity index (χ0) is 12.3. The van der Waals surface area contributed by atoms with Gasteiger partial charge in [0.1, 0.15) is 6.10 Å². The summed E-state index contributed by atoms with van der Waals surface area (Å²) in [6.07, 6.45) is 1.60. The molecule has 5 heteroatoms. The molecule has 1 saturated heterocycles. The zero-order valence-corrected chi connectivity index (χ0v) is 11.4. The maximum absolute atomic E-state index is 12.2. The van der Waals surface area contributed by atoms with Gasteiger partial charge < -0.3 is 9.64 Å². The molecule has 0 bridgehead atoms. The van der Waals surface area contributed by atoms with Crippen LogP contribution in [0.4, 0.5) is 0 Å². The van der Waals surface area contributed by atoms with Crippen molar-refractivity contribution >= 4 is 28.8 Å². The molecule has 2 rings (SSSR count). The Bertz CT molecular complexity index is 388. The number of carbonyl (C=O) groups excluding carboxylic acids is 1. The highest BCUT2D eigenvalue weighted by Crippen LogP contribution is 2.23. The first kappa shape index (κ1) is 12.9. The summed E-state index contributed by atoms with van der Waals surface area (Å²) < 4.78 is 6.19. The summed E-state index contributed by atoms with van der Waals surface area (Å²) in [7, 11) is 0. The SMILES string of the molecule is CCN(Cc1ccc(Cl)s1)C(=O)[C@H]1CCCO1. The van der Waals surface area contributed by atoms with Crippen LogP contribution < -0.4 is 0 Å². The smallest absolute Gasteiger partial charge is 0.252 e. The number of nitrogens with zero attached hydrogens (tertiary/aromatic N) is 1. The first-order valence-electron chi connectivity index (χ1n) is 5.85. The molecule has 3 nitrogen and oxygen atoms in total. The summed E-state index contributed by atoms with van der Waals surface area (Å²) in [5.74, 6) is 0.106. The molecule has 94 valence electrons. The Morgan fingerprint density at radius 1 is 1.65 bits per heavy atom. The van der Waals surface area contributed by atoms with Crippen molar-refractivity contribution in [2.45, 2.75) is 32.4 Å². The van der Waals surface area contributed by atoms with E-state index in [2.05, 4.69) is 0 Å². The monoisotopic (exact) mass is 273 g/mol. The summed E-state index contributed by atoms with van der Waals surface area (Å²) in [6, 6.07) is 3.84. The van der Waals surface area contributed by atoms with Crippen molar-refractivity contribution in [3.05, 3.63) is 21.3 Å². The van der Waals surface area contributed by atoms with E-state index in [1.165, 1.54) is 11.3 Å². The average molecular weight is 274 g/mol. The van der Waals surface area contributed by atoms with Crippen molar-refractivity contribution in [3.63, 3.8) is 0 Å². The zero-order valence-electron chi connectivity index (χ0n) is 9.82. The summed E-state index contributed by atoms with van der Waals surface area (Å²) in [4.78, 5) is 15.1. The summed E-state index contributed by atoms with van der Waals surface area (Å²) in [6.45, 7) is 4.03. The van der Waals surface area contributed by atoms with Gasteiger partial charge in [0, 0.05) is 18.0 Å². The van der Waals surface area contributed by atoms with E-state index in [0.717, 1.165) is 22.1 Å². The van der Waals surface area contributed by atoms with Crippen LogP contribution in [0.25, 0.3) is 0 Å². The first-order chi connectivity index (χ1) is 8.20. The van der Waals surface area contributed by atoms with Gasteiger partial charge in [-0.3, -0.25) is 4.79 Å². The van der Waals surface area contributed by atoms with Crippen LogP contribution in [0.1, 0.15) is 24.6 Å². The van der Waals surface area contributed by atoms with Gasteiger partial charge >= 0.3 is 0 Å². The number of ether oxygens (including phenoxy) is 1. The van der Waals surface area contributed by atoms with Gasteiger partial charge in [0.2, 0.25) is 0 Å². The van der Waals surface area contributed by atoms with Gasteiger partial charge in [-0.2, -0.15) is 0 Å². The van der Waals surface area contributed by atoms with Gasteiger partial charge in [-0.15, -0.1) is 11.3 Å². The lowest BCUT2D eigenvalue weighted by Gasteiger charge is -2.23. The molecule has 0 unspecified atom stereocenters. The summed E-state index contributed by atoms with van der Waals surface area (Å²) in [5, 5.41) is 0. The molecule has 17 heavy (non-hydrogen) atoms. The van der Waals surface area contributed by atoms with Crippen molar-refractivity contribution in [2.75, 3.05) is 13.2 Å². The Balaban J connectivity index is 1.98. The minimum Gasteiger partial charge on any atom is -0.368 e. The van der Waals surface area contributed by atoms with E-state index >= 15 is 0 Å². The van der Waals surface area contributed by atoms with E-state index in [9.17, 15) is 4.79 Å². The van der Waals surface area contributed by atoms with E-state index in [-0.39, 0.29) is 12.0 Å². The molecule has 0 aromatic carbocycles. The number of hydrogen-bond donors (Lipinski definition) is 0. The number of thiophene rings is 1. The molecule has 1 atom stereocenters. The molecule has 1 aliphatic rings. The average Bonchev–Trinajstić information content (AvgIpc) is 2.96. The van der Waals surface area contributed by atoms with Gasteiger partial charge in [-0.05, 0) is 31.9 Å². The van der Waals surface area contributed by atoms with Crippen molar-refractivity contribution in [2.24, 2.45) is 0 Å². The molecule has 0 saturated carbocycles. The van der Waals surface area contributed by atoms with Gasteiger partial charge in [-0.25, -0.2) is 0 Å². The number of hydrogen-bond acceptors (Lipinski definition) is 3. The molecule has 0 radical (unpaired) electrons. The Kier molecular flexibility index (Phi) is 4.42. The number of amides is 1. The molecule has 1 aromatic rings. The molecule has 0 aliphatic carbocycles. The number of halogens is 1. The highest BCUT2D eigenvalue weighted by atomic mass is 35.5. The first-order valence-corrected chi connectivity index (χ1v) is 7.04. The second kappa shape index (κ2) is 5.85. The quantitative estimate of drug-likeness (QED) is 0.844. The van der Waals surface area contributed by atoms with Crippen LogP contribution in [0.3, 0.4) is 0 Å². The Morgan fingerprint density at radius 3 is 3.00 bits per heavy atom. The molecular weight excluding hydrogens is 258 g/mol. The fourth-order valence-electron chi connectivity index (χ4n) is 1.95. The van der Waals surface area contributed by atoms with E-state index in [1.807, 2.05) is 24.0 Å². The van der Waals surface area contributed by atoms with E-state index in [1.54, 1.807) is 0 Å². The lowest BCUT2D eigenvalue weighted by Crippen LogP contribution is -2.38. The fourth-order valence-corrected chi connectivity index (χ4v) is 3.05. The number of likely N-dealkylation sites (N-methyl/N-ethyl adjacent to an activating group) is 1. The molecular formula is C12H16ClNO2S. The van der Waals surface area contributed by atoms with Crippen LogP contribution in [0.2, 0.25) is 4.34 Å². The fraction of sp³-hybridized carbons (Fsp3) is 0.583. The van der Waals surface area contributed by atoms with Crippen molar-refractivity contribution in [1.29, 1.82) is 0 Å².